The number of aromatic nitrogens is 4. The van der Waals surface area contributed by atoms with Crippen molar-refractivity contribution in [2.45, 2.75) is 32.0 Å². The standard InChI is InChI=1S/C30H29ClFN5O4/c1-3-23(8-4-19(2)32)41-30(39)36-15-12-25-26-16-21(31)7-11-27(26)35-28(25)29(36)20-5-9-24(10-6-20)40-18-22(38)17-37-33-13-14-34-37/h3-11,13-14,16,22,29,35,38H,2,12,15,17-18H2,1H3/b8-4-,23-3+. The molecule has 1 aliphatic rings. The molecule has 0 fully saturated rings. The number of benzene rings is 2. The number of H-pyrrole nitrogens is 1. The molecule has 3 heterocycles. The van der Waals surface area contributed by atoms with E-state index in [0.29, 0.717) is 23.7 Å². The van der Waals surface area contributed by atoms with E-state index in [4.69, 9.17) is 21.1 Å². The summed E-state index contributed by atoms with van der Waals surface area (Å²) in [4.78, 5) is 20.0. The Hall–Kier alpha value is -4.41. The molecule has 2 N–H and O–H groups in total. The number of halogens is 2. The molecule has 0 aliphatic carbocycles. The number of fused-ring (bicyclic) bond motifs is 3. The van der Waals surface area contributed by atoms with Gasteiger partial charge in [0.05, 0.1) is 18.9 Å². The van der Waals surface area contributed by atoms with Gasteiger partial charge in [-0.05, 0) is 73.0 Å². The Labute approximate surface area is 241 Å². The van der Waals surface area contributed by atoms with Crippen molar-refractivity contribution in [3.05, 3.63) is 113 Å². The van der Waals surface area contributed by atoms with Crippen molar-refractivity contribution in [3.8, 4) is 5.75 Å². The lowest BCUT2D eigenvalue weighted by Crippen LogP contribution is -2.40. The zero-order valence-corrected chi connectivity index (χ0v) is 23.1. The molecular formula is C30H29ClFN5O4. The maximum Gasteiger partial charge on any atom is 0.416 e. The molecule has 4 aromatic rings. The zero-order chi connectivity index (χ0) is 28.9. The zero-order valence-electron chi connectivity index (χ0n) is 22.3. The van der Waals surface area contributed by atoms with Gasteiger partial charge in [-0.25, -0.2) is 9.18 Å². The summed E-state index contributed by atoms with van der Waals surface area (Å²) in [5.74, 6) is 0.113. The van der Waals surface area contributed by atoms with Crippen LogP contribution in [0.5, 0.6) is 5.75 Å². The van der Waals surface area contributed by atoms with E-state index in [-0.39, 0.29) is 18.9 Å². The Morgan fingerprint density at radius 3 is 2.71 bits per heavy atom. The Kier molecular flexibility index (Phi) is 8.51. The minimum Gasteiger partial charge on any atom is -0.491 e. The maximum atomic E-state index is 13.5. The Balaban J connectivity index is 1.41. The first kappa shape index (κ1) is 28.1. The van der Waals surface area contributed by atoms with Crippen molar-refractivity contribution < 1.29 is 23.8 Å². The van der Waals surface area contributed by atoms with Crippen LogP contribution < -0.4 is 4.74 Å². The number of carbonyl (C=O) groups excluding carboxylic acids is 1. The summed E-state index contributed by atoms with van der Waals surface area (Å²) < 4.78 is 24.6. The van der Waals surface area contributed by atoms with Crippen LogP contribution in [0.3, 0.4) is 0 Å². The number of hydrogen-bond acceptors (Lipinski definition) is 6. The minimum absolute atomic E-state index is 0.0562. The normalized spacial score (nSPS) is 16.1. The van der Waals surface area contributed by atoms with Gasteiger partial charge in [-0.3, -0.25) is 4.90 Å². The number of carbonyl (C=O) groups is 1. The summed E-state index contributed by atoms with van der Waals surface area (Å²) in [6.45, 7) is 5.55. The minimum atomic E-state index is -0.796. The summed E-state index contributed by atoms with van der Waals surface area (Å²) in [5, 5.41) is 19.9. The molecule has 212 valence electrons. The monoisotopic (exact) mass is 577 g/mol. The van der Waals surface area contributed by atoms with Crippen LogP contribution in [-0.2, 0) is 17.7 Å². The lowest BCUT2D eigenvalue weighted by Gasteiger charge is -2.35. The average molecular weight is 578 g/mol. The van der Waals surface area contributed by atoms with Crippen LogP contribution in [0.2, 0.25) is 5.02 Å². The van der Waals surface area contributed by atoms with Crippen LogP contribution in [0.15, 0.2) is 91.3 Å². The first-order chi connectivity index (χ1) is 19.8. The number of aromatic amines is 1. The quantitative estimate of drug-likeness (QED) is 0.190. The van der Waals surface area contributed by atoms with Gasteiger partial charge >= 0.3 is 6.09 Å². The largest absolute Gasteiger partial charge is 0.491 e. The van der Waals surface area contributed by atoms with Gasteiger partial charge in [0.25, 0.3) is 0 Å². The summed E-state index contributed by atoms with van der Waals surface area (Å²) in [6.07, 6.45) is 6.38. The maximum absolute atomic E-state index is 13.5. The molecule has 2 atom stereocenters. The van der Waals surface area contributed by atoms with E-state index in [1.165, 1.54) is 10.9 Å². The molecular weight excluding hydrogens is 549 g/mol. The number of nitrogens with one attached hydrogen (secondary N) is 1. The second-order valence-corrected chi connectivity index (χ2v) is 9.95. The Morgan fingerprint density at radius 1 is 1.24 bits per heavy atom. The molecule has 0 radical (unpaired) electrons. The number of amides is 1. The summed E-state index contributed by atoms with van der Waals surface area (Å²) in [6, 6.07) is 12.5. The third-order valence-corrected chi connectivity index (χ3v) is 6.96. The van der Waals surface area contributed by atoms with E-state index in [1.807, 2.05) is 30.3 Å². The Bertz CT molecular complexity index is 1600. The van der Waals surface area contributed by atoms with E-state index < -0.39 is 24.1 Å². The summed E-state index contributed by atoms with van der Waals surface area (Å²) in [5.41, 5.74) is 3.67. The molecule has 2 aromatic heterocycles. The highest BCUT2D eigenvalue weighted by Gasteiger charge is 2.36. The molecule has 0 spiro atoms. The third-order valence-electron chi connectivity index (χ3n) is 6.72. The van der Waals surface area contributed by atoms with Gasteiger partial charge in [-0.2, -0.15) is 15.0 Å². The van der Waals surface area contributed by atoms with Crippen molar-refractivity contribution >= 4 is 28.6 Å². The number of hydrogen-bond donors (Lipinski definition) is 2. The van der Waals surface area contributed by atoms with Crippen LogP contribution in [-0.4, -0.2) is 55.3 Å². The highest BCUT2D eigenvalue weighted by Crippen LogP contribution is 2.40. The Morgan fingerprint density at radius 2 is 2.00 bits per heavy atom. The summed E-state index contributed by atoms with van der Waals surface area (Å²) >= 11 is 6.30. The van der Waals surface area contributed by atoms with Gasteiger partial charge < -0.3 is 19.6 Å². The van der Waals surface area contributed by atoms with E-state index in [0.717, 1.165) is 33.8 Å². The second kappa shape index (κ2) is 12.4. The second-order valence-electron chi connectivity index (χ2n) is 9.51. The number of aliphatic hydroxyl groups excluding tert-OH is 1. The summed E-state index contributed by atoms with van der Waals surface area (Å²) in [7, 11) is 0. The van der Waals surface area contributed by atoms with Gasteiger partial charge in [-0.15, -0.1) is 0 Å². The van der Waals surface area contributed by atoms with Crippen LogP contribution in [0.25, 0.3) is 10.9 Å². The van der Waals surface area contributed by atoms with E-state index >= 15 is 0 Å². The van der Waals surface area contributed by atoms with E-state index in [1.54, 1.807) is 42.4 Å². The first-order valence-electron chi connectivity index (χ1n) is 13.0. The predicted octanol–water partition coefficient (Wildman–Crippen LogP) is 5.88. The van der Waals surface area contributed by atoms with Crippen molar-refractivity contribution in [2.24, 2.45) is 0 Å². The fourth-order valence-corrected chi connectivity index (χ4v) is 5.01. The number of ether oxygens (including phenoxy) is 2. The topological polar surface area (TPSA) is 106 Å². The van der Waals surface area contributed by atoms with Crippen molar-refractivity contribution in [2.75, 3.05) is 13.2 Å². The smallest absolute Gasteiger partial charge is 0.416 e. The van der Waals surface area contributed by atoms with Gasteiger partial charge in [0, 0.05) is 28.2 Å². The number of nitrogens with zero attached hydrogens (tertiary/aromatic N) is 4. The molecule has 2 unspecified atom stereocenters. The van der Waals surface area contributed by atoms with Crippen molar-refractivity contribution in [1.82, 2.24) is 24.9 Å². The lowest BCUT2D eigenvalue weighted by molar-refractivity contribution is 0.0854. The molecule has 11 heteroatoms. The fourth-order valence-electron chi connectivity index (χ4n) is 4.84. The molecule has 1 aliphatic heterocycles. The van der Waals surface area contributed by atoms with Gasteiger partial charge in [0.1, 0.15) is 36.1 Å². The van der Waals surface area contributed by atoms with Crippen LogP contribution in [0.1, 0.15) is 29.8 Å². The van der Waals surface area contributed by atoms with E-state index in [9.17, 15) is 14.3 Å². The molecule has 41 heavy (non-hydrogen) atoms. The molecule has 0 saturated heterocycles. The van der Waals surface area contributed by atoms with Gasteiger partial charge in [0.15, 0.2) is 0 Å². The molecule has 0 bridgehead atoms. The first-order valence-corrected chi connectivity index (χ1v) is 13.4. The highest BCUT2D eigenvalue weighted by atomic mass is 35.5. The average Bonchev–Trinajstić information content (AvgIpc) is 3.61. The van der Waals surface area contributed by atoms with Gasteiger partial charge in [-0.1, -0.05) is 30.3 Å². The molecule has 0 saturated carbocycles. The lowest BCUT2D eigenvalue weighted by atomic mass is 9.92. The molecule has 5 rings (SSSR count). The number of allylic oxidation sites excluding steroid dienone is 4. The SMILES string of the molecule is C=C(F)/C=C\C(=C/C)OC(=O)N1CCc2c([nH]c3ccc(Cl)cc23)C1c1ccc(OCC(O)Cn2nccn2)cc1. The van der Waals surface area contributed by atoms with Crippen molar-refractivity contribution in [3.63, 3.8) is 0 Å². The molecule has 1 amide bonds. The van der Waals surface area contributed by atoms with Crippen LogP contribution in [0, 0.1) is 0 Å². The third kappa shape index (κ3) is 6.50. The van der Waals surface area contributed by atoms with E-state index in [2.05, 4.69) is 21.8 Å². The van der Waals surface area contributed by atoms with Crippen LogP contribution >= 0.6 is 11.6 Å². The van der Waals surface area contributed by atoms with Crippen molar-refractivity contribution in [1.29, 1.82) is 0 Å². The fraction of sp³-hybridized carbons (Fsp3) is 0.233. The number of aliphatic hydroxyl groups is 1. The van der Waals surface area contributed by atoms with Crippen LogP contribution in [0.4, 0.5) is 9.18 Å². The number of rotatable bonds is 9. The highest BCUT2D eigenvalue weighted by molar-refractivity contribution is 6.31. The van der Waals surface area contributed by atoms with Gasteiger partial charge in [0.2, 0.25) is 0 Å². The molecule has 9 nitrogen and oxygen atoms in total. The molecule has 2 aromatic carbocycles. The predicted molar refractivity (Wildman–Crippen MR) is 153 cm³/mol.